The zero-order valence-corrected chi connectivity index (χ0v) is 15.3. The first-order chi connectivity index (χ1) is 10.9. The molecule has 2 fully saturated rings. The van der Waals surface area contributed by atoms with Crippen molar-refractivity contribution in [2.24, 2.45) is 17.6 Å². The third kappa shape index (κ3) is 5.44. The van der Waals surface area contributed by atoms with E-state index in [0.717, 1.165) is 51.5 Å². The van der Waals surface area contributed by atoms with E-state index in [4.69, 9.17) is 10.5 Å². The highest BCUT2D eigenvalue weighted by Crippen LogP contribution is 2.22. The average molecular weight is 325 g/mol. The number of carbonyl (C=O) groups is 1. The minimum atomic E-state index is -0.345. The highest BCUT2D eigenvalue weighted by Gasteiger charge is 2.28. The molecule has 0 spiro atoms. The Kier molecular flexibility index (Phi) is 6.86. The van der Waals surface area contributed by atoms with Crippen molar-refractivity contribution >= 4 is 5.91 Å². The fourth-order valence-electron chi connectivity index (χ4n) is 3.77. The average Bonchev–Trinajstić information content (AvgIpc) is 2.51. The lowest BCUT2D eigenvalue weighted by Crippen LogP contribution is -2.49. The van der Waals surface area contributed by atoms with E-state index in [2.05, 4.69) is 18.7 Å². The molecule has 0 unspecified atom stereocenters. The van der Waals surface area contributed by atoms with Crippen molar-refractivity contribution in [2.75, 3.05) is 32.7 Å². The SMILES string of the molecule is CC(C)[C@H](N)C(=O)N1CCC(CCN2C[C@@H](C)O[C@H](C)C2)CC1. The number of nitrogens with zero attached hydrogens (tertiary/aromatic N) is 2. The molecule has 0 aromatic carbocycles. The van der Waals surface area contributed by atoms with Gasteiger partial charge in [0.2, 0.25) is 5.91 Å². The molecule has 2 saturated heterocycles. The second-order valence-electron chi connectivity index (χ2n) is 7.84. The fraction of sp³-hybridized carbons (Fsp3) is 0.944. The summed E-state index contributed by atoms with van der Waals surface area (Å²) >= 11 is 0. The zero-order valence-electron chi connectivity index (χ0n) is 15.3. The summed E-state index contributed by atoms with van der Waals surface area (Å²) in [7, 11) is 0. The minimum Gasteiger partial charge on any atom is -0.373 e. The number of hydrogen-bond acceptors (Lipinski definition) is 4. The van der Waals surface area contributed by atoms with Crippen molar-refractivity contribution in [3.8, 4) is 0 Å². The van der Waals surface area contributed by atoms with Gasteiger partial charge in [-0.1, -0.05) is 13.8 Å². The van der Waals surface area contributed by atoms with E-state index in [-0.39, 0.29) is 17.9 Å². The third-order valence-electron chi connectivity index (χ3n) is 5.28. The molecule has 0 bridgehead atoms. The highest BCUT2D eigenvalue weighted by molar-refractivity contribution is 5.82. The Morgan fingerprint density at radius 3 is 2.26 bits per heavy atom. The lowest BCUT2D eigenvalue weighted by atomic mass is 9.92. The molecule has 2 aliphatic heterocycles. The number of rotatable bonds is 5. The Morgan fingerprint density at radius 1 is 1.17 bits per heavy atom. The maximum Gasteiger partial charge on any atom is 0.239 e. The number of ether oxygens (including phenoxy) is 1. The lowest BCUT2D eigenvalue weighted by molar-refractivity contribution is -0.135. The first kappa shape index (κ1) is 18.7. The van der Waals surface area contributed by atoms with E-state index in [1.165, 1.54) is 6.42 Å². The molecule has 23 heavy (non-hydrogen) atoms. The number of piperidine rings is 1. The third-order valence-corrected chi connectivity index (χ3v) is 5.28. The summed E-state index contributed by atoms with van der Waals surface area (Å²) in [5.74, 6) is 1.09. The van der Waals surface area contributed by atoms with Crippen LogP contribution in [0.3, 0.4) is 0 Å². The summed E-state index contributed by atoms with van der Waals surface area (Å²) in [6, 6.07) is -0.345. The van der Waals surface area contributed by atoms with Gasteiger partial charge in [-0.3, -0.25) is 9.69 Å². The normalized spacial score (nSPS) is 29.0. The molecule has 0 aliphatic carbocycles. The van der Waals surface area contributed by atoms with E-state index >= 15 is 0 Å². The first-order valence-corrected chi connectivity index (χ1v) is 9.29. The lowest BCUT2D eigenvalue weighted by Gasteiger charge is -2.38. The zero-order chi connectivity index (χ0) is 17.0. The van der Waals surface area contributed by atoms with Crippen molar-refractivity contribution in [2.45, 2.75) is 65.2 Å². The monoisotopic (exact) mass is 325 g/mol. The van der Waals surface area contributed by atoms with Gasteiger partial charge in [0.1, 0.15) is 0 Å². The molecule has 2 N–H and O–H groups in total. The molecule has 2 rings (SSSR count). The largest absolute Gasteiger partial charge is 0.373 e. The van der Waals surface area contributed by atoms with Crippen LogP contribution >= 0.6 is 0 Å². The molecule has 1 amide bonds. The number of amides is 1. The van der Waals surface area contributed by atoms with Gasteiger partial charge in [0.25, 0.3) is 0 Å². The standard InChI is InChI=1S/C18H35N3O2/c1-13(2)17(19)18(22)21-9-6-16(7-10-21)5-8-20-11-14(3)23-15(4)12-20/h13-17H,5-12,19H2,1-4H3/t14-,15-,17+/m1/s1. The van der Waals surface area contributed by atoms with Gasteiger partial charge in [-0.15, -0.1) is 0 Å². The Labute approximate surface area is 141 Å². The molecule has 2 aliphatic rings. The Hall–Kier alpha value is -0.650. The molecule has 5 nitrogen and oxygen atoms in total. The van der Waals surface area contributed by atoms with Crippen molar-refractivity contribution in [3.05, 3.63) is 0 Å². The van der Waals surface area contributed by atoms with Crippen LogP contribution in [0.1, 0.15) is 47.0 Å². The van der Waals surface area contributed by atoms with Crippen LogP contribution in [0.2, 0.25) is 0 Å². The minimum absolute atomic E-state index is 0.134. The van der Waals surface area contributed by atoms with Gasteiger partial charge in [-0.2, -0.15) is 0 Å². The van der Waals surface area contributed by atoms with Crippen LogP contribution in [0, 0.1) is 11.8 Å². The number of likely N-dealkylation sites (tertiary alicyclic amines) is 1. The van der Waals surface area contributed by atoms with Crippen molar-refractivity contribution < 1.29 is 9.53 Å². The molecule has 0 radical (unpaired) electrons. The molecular weight excluding hydrogens is 290 g/mol. The van der Waals surface area contributed by atoms with Gasteiger partial charge in [-0.25, -0.2) is 0 Å². The van der Waals surface area contributed by atoms with Crippen LogP contribution in [0.15, 0.2) is 0 Å². The van der Waals surface area contributed by atoms with Gasteiger partial charge >= 0.3 is 0 Å². The smallest absolute Gasteiger partial charge is 0.239 e. The second-order valence-corrected chi connectivity index (χ2v) is 7.84. The van der Waals surface area contributed by atoms with E-state index in [1.807, 2.05) is 18.7 Å². The summed E-state index contributed by atoms with van der Waals surface area (Å²) in [6.45, 7) is 13.3. The number of hydrogen-bond donors (Lipinski definition) is 1. The number of morpholine rings is 1. The van der Waals surface area contributed by atoms with Gasteiger partial charge in [0.15, 0.2) is 0 Å². The maximum absolute atomic E-state index is 12.3. The molecule has 5 heteroatoms. The predicted octanol–water partition coefficient (Wildman–Crippen LogP) is 1.71. The summed E-state index contributed by atoms with van der Waals surface area (Å²) < 4.78 is 5.79. The molecule has 0 saturated carbocycles. The van der Waals surface area contributed by atoms with Crippen LogP contribution in [0.4, 0.5) is 0 Å². The molecule has 0 aromatic heterocycles. The van der Waals surface area contributed by atoms with Crippen LogP contribution in [-0.2, 0) is 9.53 Å². The van der Waals surface area contributed by atoms with Crippen molar-refractivity contribution in [3.63, 3.8) is 0 Å². The Morgan fingerprint density at radius 2 is 1.74 bits per heavy atom. The molecular formula is C18H35N3O2. The highest BCUT2D eigenvalue weighted by atomic mass is 16.5. The number of carbonyl (C=O) groups excluding carboxylic acids is 1. The van der Waals surface area contributed by atoms with Crippen LogP contribution in [0.5, 0.6) is 0 Å². The topological polar surface area (TPSA) is 58.8 Å². The molecule has 0 aromatic rings. The van der Waals surface area contributed by atoms with Gasteiger partial charge in [0.05, 0.1) is 18.2 Å². The maximum atomic E-state index is 12.3. The first-order valence-electron chi connectivity index (χ1n) is 9.29. The van der Waals surface area contributed by atoms with Gasteiger partial charge in [-0.05, 0) is 51.5 Å². The van der Waals surface area contributed by atoms with Crippen LogP contribution in [0.25, 0.3) is 0 Å². The number of nitrogens with two attached hydrogens (primary N) is 1. The fourth-order valence-corrected chi connectivity index (χ4v) is 3.77. The predicted molar refractivity (Wildman–Crippen MR) is 93.2 cm³/mol. The van der Waals surface area contributed by atoms with Gasteiger partial charge < -0.3 is 15.4 Å². The van der Waals surface area contributed by atoms with Crippen LogP contribution in [-0.4, -0.2) is 66.7 Å². The Bertz CT molecular complexity index is 370. The summed E-state index contributed by atoms with van der Waals surface area (Å²) in [6.07, 6.45) is 4.15. The van der Waals surface area contributed by atoms with Crippen LogP contribution < -0.4 is 5.73 Å². The summed E-state index contributed by atoms with van der Waals surface area (Å²) in [5.41, 5.74) is 6.00. The molecule has 134 valence electrons. The second kappa shape index (κ2) is 8.45. The summed E-state index contributed by atoms with van der Waals surface area (Å²) in [5, 5.41) is 0. The van der Waals surface area contributed by atoms with Crippen molar-refractivity contribution in [1.82, 2.24) is 9.80 Å². The summed E-state index contributed by atoms with van der Waals surface area (Å²) in [4.78, 5) is 16.8. The van der Waals surface area contributed by atoms with E-state index in [9.17, 15) is 4.79 Å². The molecule has 3 atom stereocenters. The van der Waals surface area contributed by atoms with Crippen molar-refractivity contribution in [1.29, 1.82) is 0 Å². The quantitative estimate of drug-likeness (QED) is 0.836. The van der Waals surface area contributed by atoms with E-state index < -0.39 is 0 Å². The van der Waals surface area contributed by atoms with E-state index in [0.29, 0.717) is 12.2 Å². The van der Waals surface area contributed by atoms with Gasteiger partial charge in [0, 0.05) is 26.2 Å². The molecule has 2 heterocycles. The Balaban J connectivity index is 1.69. The van der Waals surface area contributed by atoms with E-state index in [1.54, 1.807) is 0 Å².